The summed E-state index contributed by atoms with van der Waals surface area (Å²) in [7, 11) is 1.58. The van der Waals surface area contributed by atoms with Gasteiger partial charge in [0.1, 0.15) is 24.2 Å². The molecule has 1 aliphatic rings. The zero-order valence-corrected chi connectivity index (χ0v) is 15.0. The van der Waals surface area contributed by atoms with Gasteiger partial charge in [0, 0.05) is 0 Å². The summed E-state index contributed by atoms with van der Waals surface area (Å²) in [6.45, 7) is 0.390. The molecule has 4 heteroatoms. The lowest BCUT2D eigenvalue weighted by Crippen LogP contribution is -2.11. The highest BCUT2D eigenvalue weighted by atomic mass is 16.6. The highest BCUT2D eigenvalue weighted by Gasteiger charge is 2.46. The number of carbonyl (C=O) groups excluding carboxylic acids is 1. The molecule has 2 atom stereocenters. The Morgan fingerprint density at radius 2 is 1.67 bits per heavy atom. The molecule has 3 aromatic rings. The summed E-state index contributed by atoms with van der Waals surface area (Å²) in [6, 6.07) is 24.9. The molecular formula is C23H20O4. The molecule has 1 saturated heterocycles. The molecule has 4 rings (SSSR count). The number of hydrogen-bond donors (Lipinski definition) is 0. The van der Waals surface area contributed by atoms with E-state index in [4.69, 9.17) is 14.2 Å². The molecular weight excluding hydrogens is 340 g/mol. The lowest BCUT2D eigenvalue weighted by molar-refractivity contribution is 0.0949. The Bertz CT molecular complexity index is 922. The van der Waals surface area contributed by atoms with E-state index in [2.05, 4.69) is 0 Å². The standard InChI is InChI=1S/C23H20O4/c1-25-18-12-13-20(26-15-16-8-4-2-5-9-16)19(14-18)21(24)23-22(27-23)17-10-6-3-7-11-17/h2-14,22-23H,15H2,1H3/t22-,23-/m1/s1. The first-order valence-electron chi connectivity index (χ1n) is 8.85. The average molecular weight is 360 g/mol. The Morgan fingerprint density at radius 3 is 2.37 bits per heavy atom. The first-order chi connectivity index (χ1) is 13.3. The maximum Gasteiger partial charge on any atom is 0.198 e. The number of hydrogen-bond acceptors (Lipinski definition) is 4. The molecule has 0 aromatic heterocycles. The van der Waals surface area contributed by atoms with Crippen molar-refractivity contribution in [2.75, 3.05) is 7.11 Å². The number of Topliss-reactive ketones (excluding diaryl/α,β-unsaturated/α-hetero) is 1. The monoisotopic (exact) mass is 360 g/mol. The Morgan fingerprint density at radius 1 is 0.963 bits per heavy atom. The molecule has 0 saturated carbocycles. The smallest absolute Gasteiger partial charge is 0.198 e. The van der Waals surface area contributed by atoms with Crippen LogP contribution in [-0.4, -0.2) is 19.0 Å². The molecule has 0 unspecified atom stereocenters. The number of rotatable bonds is 7. The highest BCUT2D eigenvalue weighted by Crippen LogP contribution is 2.42. The summed E-state index contributed by atoms with van der Waals surface area (Å²) < 4.78 is 16.9. The van der Waals surface area contributed by atoms with E-state index in [1.54, 1.807) is 25.3 Å². The number of ketones is 1. The van der Waals surface area contributed by atoms with Crippen molar-refractivity contribution in [3.05, 3.63) is 95.6 Å². The van der Waals surface area contributed by atoms with E-state index in [0.717, 1.165) is 11.1 Å². The number of benzene rings is 3. The van der Waals surface area contributed by atoms with E-state index < -0.39 is 6.10 Å². The Balaban J connectivity index is 1.54. The van der Waals surface area contributed by atoms with E-state index in [1.807, 2.05) is 60.7 Å². The van der Waals surface area contributed by atoms with E-state index in [0.29, 0.717) is 23.7 Å². The molecule has 0 radical (unpaired) electrons. The third-order valence-corrected chi connectivity index (χ3v) is 4.57. The molecule has 27 heavy (non-hydrogen) atoms. The van der Waals surface area contributed by atoms with E-state index in [1.165, 1.54) is 0 Å². The molecule has 0 amide bonds. The molecule has 136 valence electrons. The SMILES string of the molecule is COc1ccc(OCc2ccccc2)c(C(=O)[C@H]2O[C@@H]2c2ccccc2)c1. The minimum Gasteiger partial charge on any atom is -0.497 e. The fourth-order valence-corrected chi connectivity index (χ4v) is 3.05. The molecule has 1 fully saturated rings. The zero-order valence-electron chi connectivity index (χ0n) is 15.0. The van der Waals surface area contributed by atoms with E-state index in [9.17, 15) is 4.79 Å². The Labute approximate surface area is 158 Å². The van der Waals surface area contributed by atoms with Crippen LogP contribution >= 0.6 is 0 Å². The van der Waals surface area contributed by atoms with Crippen LogP contribution in [0.25, 0.3) is 0 Å². The normalized spacial score (nSPS) is 18.0. The van der Waals surface area contributed by atoms with Gasteiger partial charge in [-0.3, -0.25) is 4.79 Å². The topological polar surface area (TPSA) is 48.1 Å². The maximum atomic E-state index is 13.0. The van der Waals surface area contributed by atoms with Gasteiger partial charge in [-0.15, -0.1) is 0 Å². The van der Waals surface area contributed by atoms with Crippen LogP contribution < -0.4 is 9.47 Å². The van der Waals surface area contributed by atoms with Gasteiger partial charge in [-0.05, 0) is 29.3 Å². The fraction of sp³-hybridized carbons (Fsp3) is 0.174. The zero-order chi connectivity index (χ0) is 18.6. The molecule has 0 N–H and O–H groups in total. The van der Waals surface area contributed by atoms with Gasteiger partial charge in [0.05, 0.1) is 12.7 Å². The lowest BCUT2D eigenvalue weighted by atomic mass is 10.0. The van der Waals surface area contributed by atoms with Gasteiger partial charge in [-0.25, -0.2) is 0 Å². The van der Waals surface area contributed by atoms with Crippen LogP contribution in [0, 0.1) is 0 Å². The quantitative estimate of drug-likeness (QED) is 0.456. The number of methoxy groups -OCH3 is 1. The molecule has 0 spiro atoms. The van der Waals surface area contributed by atoms with Gasteiger partial charge in [0.15, 0.2) is 11.9 Å². The molecule has 4 nitrogen and oxygen atoms in total. The van der Waals surface area contributed by atoms with Crippen molar-refractivity contribution in [1.29, 1.82) is 0 Å². The second kappa shape index (κ2) is 7.64. The molecule has 0 bridgehead atoms. The van der Waals surface area contributed by atoms with Gasteiger partial charge in [-0.1, -0.05) is 60.7 Å². The van der Waals surface area contributed by atoms with Crippen LogP contribution in [0.2, 0.25) is 0 Å². The number of ether oxygens (including phenoxy) is 3. The van der Waals surface area contributed by atoms with Crippen molar-refractivity contribution < 1.29 is 19.0 Å². The van der Waals surface area contributed by atoms with Crippen LogP contribution in [0.4, 0.5) is 0 Å². The van der Waals surface area contributed by atoms with Gasteiger partial charge >= 0.3 is 0 Å². The molecule has 1 heterocycles. The van der Waals surface area contributed by atoms with Crippen LogP contribution in [0.5, 0.6) is 11.5 Å². The number of epoxide rings is 1. The van der Waals surface area contributed by atoms with Gasteiger partial charge in [0.2, 0.25) is 0 Å². The summed E-state index contributed by atoms with van der Waals surface area (Å²) in [6.07, 6.45) is -0.689. The third kappa shape index (κ3) is 3.86. The summed E-state index contributed by atoms with van der Waals surface area (Å²) in [4.78, 5) is 13.0. The minimum absolute atomic E-state index is 0.0918. The first kappa shape index (κ1) is 17.3. The molecule has 0 aliphatic carbocycles. The highest BCUT2D eigenvalue weighted by molar-refractivity contribution is 6.04. The maximum absolute atomic E-state index is 13.0. The van der Waals surface area contributed by atoms with Crippen molar-refractivity contribution in [2.45, 2.75) is 18.8 Å². The van der Waals surface area contributed by atoms with E-state index >= 15 is 0 Å². The summed E-state index contributed by atoms with van der Waals surface area (Å²) >= 11 is 0. The minimum atomic E-state index is -0.487. The van der Waals surface area contributed by atoms with Gasteiger partial charge in [0.25, 0.3) is 0 Å². The average Bonchev–Trinajstić information content (AvgIpc) is 3.54. The fourth-order valence-electron chi connectivity index (χ4n) is 3.05. The lowest BCUT2D eigenvalue weighted by Gasteiger charge is -2.12. The summed E-state index contributed by atoms with van der Waals surface area (Å²) in [5.41, 5.74) is 2.52. The van der Waals surface area contributed by atoms with Crippen LogP contribution in [0.3, 0.4) is 0 Å². The number of carbonyl (C=O) groups is 1. The summed E-state index contributed by atoms with van der Waals surface area (Å²) in [5.74, 6) is 1.06. The van der Waals surface area contributed by atoms with Crippen molar-refractivity contribution in [3.8, 4) is 11.5 Å². The van der Waals surface area contributed by atoms with Crippen molar-refractivity contribution >= 4 is 5.78 Å². The summed E-state index contributed by atoms with van der Waals surface area (Å²) in [5, 5.41) is 0. The van der Waals surface area contributed by atoms with Gasteiger partial charge < -0.3 is 14.2 Å². The van der Waals surface area contributed by atoms with Gasteiger partial charge in [-0.2, -0.15) is 0 Å². The Hall–Kier alpha value is -3.11. The largest absolute Gasteiger partial charge is 0.497 e. The predicted octanol–water partition coefficient (Wildman–Crippen LogP) is 4.60. The van der Waals surface area contributed by atoms with E-state index in [-0.39, 0.29) is 11.9 Å². The molecule has 3 aromatic carbocycles. The van der Waals surface area contributed by atoms with Crippen LogP contribution in [-0.2, 0) is 11.3 Å². The second-order valence-electron chi connectivity index (χ2n) is 6.39. The second-order valence-corrected chi connectivity index (χ2v) is 6.39. The third-order valence-electron chi connectivity index (χ3n) is 4.57. The Kier molecular flexibility index (Phi) is 4.90. The molecule has 1 aliphatic heterocycles. The first-order valence-corrected chi connectivity index (χ1v) is 8.85. The van der Waals surface area contributed by atoms with Crippen LogP contribution in [0.1, 0.15) is 27.6 Å². The van der Waals surface area contributed by atoms with Crippen molar-refractivity contribution in [3.63, 3.8) is 0 Å². The van der Waals surface area contributed by atoms with Crippen molar-refractivity contribution in [2.24, 2.45) is 0 Å². The van der Waals surface area contributed by atoms with Crippen LogP contribution in [0.15, 0.2) is 78.9 Å². The predicted molar refractivity (Wildman–Crippen MR) is 102 cm³/mol. The van der Waals surface area contributed by atoms with Crippen molar-refractivity contribution in [1.82, 2.24) is 0 Å².